The SMILES string of the molecule is CCOc1cc(/C=N\Nc2cnn(-c3ccccc3)c(=O)c2Cl)cc([N+](=O)[O-])c1O. The van der Waals surface area contributed by atoms with Crippen LogP contribution in [0.5, 0.6) is 11.5 Å². The third-order valence-electron chi connectivity index (χ3n) is 3.89. The molecule has 0 atom stereocenters. The van der Waals surface area contributed by atoms with Crippen molar-refractivity contribution >= 4 is 29.2 Å². The summed E-state index contributed by atoms with van der Waals surface area (Å²) in [6.07, 6.45) is 2.59. The summed E-state index contributed by atoms with van der Waals surface area (Å²) >= 11 is 6.13. The zero-order valence-corrected chi connectivity index (χ0v) is 16.4. The summed E-state index contributed by atoms with van der Waals surface area (Å²) in [7, 11) is 0. The first kappa shape index (κ1) is 20.8. The van der Waals surface area contributed by atoms with Crippen molar-refractivity contribution in [3.63, 3.8) is 0 Å². The number of phenols is 1. The van der Waals surface area contributed by atoms with E-state index in [0.717, 1.165) is 10.7 Å². The van der Waals surface area contributed by atoms with Crippen LogP contribution in [0.3, 0.4) is 0 Å². The maximum atomic E-state index is 12.5. The fraction of sp³-hybridized carbons (Fsp3) is 0.105. The second kappa shape index (κ2) is 9.05. The molecule has 0 unspecified atom stereocenters. The summed E-state index contributed by atoms with van der Waals surface area (Å²) in [6, 6.07) is 11.3. The molecule has 0 aliphatic rings. The molecule has 2 aromatic carbocycles. The summed E-state index contributed by atoms with van der Waals surface area (Å²) < 4.78 is 6.36. The highest BCUT2D eigenvalue weighted by molar-refractivity contribution is 6.32. The molecule has 3 rings (SSSR count). The topological polar surface area (TPSA) is 132 Å². The average molecular weight is 430 g/mol. The van der Waals surface area contributed by atoms with E-state index in [1.54, 1.807) is 31.2 Å². The monoisotopic (exact) mass is 429 g/mol. The molecule has 0 saturated carbocycles. The summed E-state index contributed by atoms with van der Waals surface area (Å²) in [6.45, 7) is 1.89. The van der Waals surface area contributed by atoms with Crippen LogP contribution in [0.25, 0.3) is 5.69 Å². The van der Waals surface area contributed by atoms with Crippen molar-refractivity contribution in [2.45, 2.75) is 6.92 Å². The molecule has 0 fully saturated rings. The van der Waals surface area contributed by atoms with Gasteiger partial charge in [0.2, 0.25) is 5.75 Å². The summed E-state index contributed by atoms with van der Waals surface area (Å²) in [4.78, 5) is 22.8. The Hall–Kier alpha value is -3.92. The average Bonchev–Trinajstić information content (AvgIpc) is 2.74. The van der Waals surface area contributed by atoms with Gasteiger partial charge in [-0.05, 0) is 25.1 Å². The number of hydrogen-bond donors (Lipinski definition) is 2. The second-order valence-corrected chi connectivity index (χ2v) is 6.25. The quantitative estimate of drug-likeness (QED) is 0.334. The second-order valence-electron chi connectivity index (χ2n) is 5.87. The van der Waals surface area contributed by atoms with Crippen LogP contribution in [-0.2, 0) is 0 Å². The number of nitrogens with one attached hydrogen (secondary N) is 1. The van der Waals surface area contributed by atoms with Gasteiger partial charge in [-0.2, -0.15) is 14.9 Å². The number of nitro benzene ring substituents is 1. The Morgan fingerprint density at radius 1 is 1.37 bits per heavy atom. The molecule has 2 N–H and O–H groups in total. The first-order chi connectivity index (χ1) is 14.4. The number of hydrazone groups is 1. The molecule has 0 aliphatic carbocycles. The predicted molar refractivity (Wildman–Crippen MR) is 112 cm³/mol. The molecule has 10 nitrogen and oxygen atoms in total. The van der Waals surface area contributed by atoms with Crippen LogP contribution in [-0.4, -0.2) is 32.6 Å². The van der Waals surface area contributed by atoms with Crippen LogP contribution in [0.15, 0.2) is 58.6 Å². The largest absolute Gasteiger partial charge is 0.500 e. The molecule has 30 heavy (non-hydrogen) atoms. The van der Waals surface area contributed by atoms with Gasteiger partial charge in [0.1, 0.15) is 10.7 Å². The number of hydrogen-bond acceptors (Lipinski definition) is 8. The van der Waals surface area contributed by atoms with Crippen molar-refractivity contribution in [1.29, 1.82) is 0 Å². The highest BCUT2D eigenvalue weighted by atomic mass is 35.5. The Balaban J connectivity index is 1.86. The number of benzene rings is 2. The van der Waals surface area contributed by atoms with Gasteiger partial charge < -0.3 is 9.84 Å². The van der Waals surface area contributed by atoms with Gasteiger partial charge in [0.15, 0.2) is 5.75 Å². The van der Waals surface area contributed by atoms with Gasteiger partial charge in [-0.1, -0.05) is 29.8 Å². The lowest BCUT2D eigenvalue weighted by Crippen LogP contribution is -2.22. The van der Waals surface area contributed by atoms with Gasteiger partial charge in [0.25, 0.3) is 5.56 Å². The van der Waals surface area contributed by atoms with Crippen LogP contribution in [0.2, 0.25) is 5.02 Å². The fourth-order valence-electron chi connectivity index (χ4n) is 2.53. The van der Waals surface area contributed by atoms with Gasteiger partial charge >= 0.3 is 5.69 Å². The van der Waals surface area contributed by atoms with Crippen LogP contribution in [0, 0.1) is 10.1 Å². The van der Waals surface area contributed by atoms with Crippen molar-refractivity contribution in [1.82, 2.24) is 9.78 Å². The van der Waals surface area contributed by atoms with E-state index in [1.807, 2.05) is 6.07 Å². The standard InChI is InChI=1S/C19H16ClN5O5/c1-2-30-16-9-12(8-15(18(16)26)25(28)29)10-21-23-14-11-22-24(19(27)17(14)20)13-6-4-3-5-7-13/h3-11,23,26H,2H2,1H3/b21-10-. The molecule has 0 aliphatic heterocycles. The van der Waals surface area contributed by atoms with Crippen molar-refractivity contribution in [2.75, 3.05) is 12.0 Å². The molecular weight excluding hydrogens is 414 g/mol. The highest BCUT2D eigenvalue weighted by Crippen LogP contribution is 2.36. The van der Waals surface area contributed by atoms with Gasteiger partial charge in [-0.25, -0.2) is 0 Å². The zero-order valence-electron chi connectivity index (χ0n) is 15.7. The molecule has 0 bridgehead atoms. The number of nitro groups is 1. The fourth-order valence-corrected chi connectivity index (χ4v) is 2.70. The number of aromatic hydroxyl groups is 1. The van der Waals surface area contributed by atoms with Crippen molar-refractivity contribution < 1.29 is 14.8 Å². The lowest BCUT2D eigenvalue weighted by molar-refractivity contribution is -0.386. The van der Waals surface area contributed by atoms with Crippen molar-refractivity contribution in [3.05, 3.63) is 79.7 Å². The lowest BCUT2D eigenvalue weighted by atomic mass is 10.2. The summed E-state index contributed by atoms with van der Waals surface area (Å²) in [5.74, 6) is -0.609. The van der Waals surface area contributed by atoms with E-state index >= 15 is 0 Å². The minimum absolute atomic E-state index is 0.0432. The number of rotatable bonds is 7. The minimum Gasteiger partial charge on any atom is -0.500 e. The van der Waals surface area contributed by atoms with E-state index in [2.05, 4.69) is 15.6 Å². The molecule has 0 radical (unpaired) electrons. The molecule has 1 heterocycles. The molecule has 0 saturated heterocycles. The van der Waals surface area contributed by atoms with Crippen LogP contribution < -0.4 is 15.7 Å². The smallest absolute Gasteiger partial charge is 0.315 e. The van der Waals surface area contributed by atoms with Crippen molar-refractivity contribution in [2.24, 2.45) is 5.10 Å². The zero-order chi connectivity index (χ0) is 21.7. The van der Waals surface area contributed by atoms with Gasteiger partial charge in [-0.15, -0.1) is 0 Å². The lowest BCUT2D eigenvalue weighted by Gasteiger charge is -2.08. The number of aromatic nitrogens is 2. The van der Waals surface area contributed by atoms with Gasteiger partial charge in [0.05, 0.1) is 29.6 Å². The van der Waals surface area contributed by atoms with Crippen LogP contribution in [0.4, 0.5) is 11.4 Å². The van der Waals surface area contributed by atoms with Crippen LogP contribution >= 0.6 is 11.6 Å². The molecule has 0 amide bonds. The Morgan fingerprint density at radius 2 is 2.10 bits per heavy atom. The molecule has 3 aromatic rings. The minimum atomic E-state index is -0.730. The Labute approximate surface area is 175 Å². The third-order valence-corrected chi connectivity index (χ3v) is 4.26. The predicted octanol–water partition coefficient (Wildman–Crippen LogP) is 3.34. The first-order valence-corrected chi connectivity index (χ1v) is 9.06. The van der Waals surface area contributed by atoms with Crippen LogP contribution in [0.1, 0.15) is 12.5 Å². The summed E-state index contributed by atoms with van der Waals surface area (Å²) in [5.41, 5.74) is 2.52. The maximum Gasteiger partial charge on any atom is 0.315 e. The number of para-hydroxylation sites is 1. The number of halogens is 1. The number of ether oxygens (including phenoxy) is 1. The molecular formula is C19H16ClN5O5. The highest BCUT2D eigenvalue weighted by Gasteiger charge is 2.19. The van der Waals surface area contributed by atoms with E-state index in [4.69, 9.17) is 16.3 Å². The number of phenolic OH excluding ortho intramolecular Hbond substituents is 1. The van der Waals surface area contributed by atoms with E-state index in [9.17, 15) is 20.0 Å². The molecule has 11 heteroatoms. The Kier molecular flexibility index (Phi) is 6.28. The van der Waals surface area contributed by atoms with Gasteiger partial charge in [0, 0.05) is 11.6 Å². The first-order valence-electron chi connectivity index (χ1n) is 8.69. The molecule has 154 valence electrons. The molecule has 1 aromatic heterocycles. The normalized spacial score (nSPS) is 10.9. The van der Waals surface area contributed by atoms with E-state index in [0.29, 0.717) is 5.69 Å². The third kappa shape index (κ3) is 4.39. The van der Waals surface area contributed by atoms with E-state index < -0.39 is 21.9 Å². The van der Waals surface area contributed by atoms with Crippen molar-refractivity contribution in [3.8, 4) is 17.2 Å². The number of anilines is 1. The maximum absolute atomic E-state index is 12.5. The van der Waals surface area contributed by atoms with E-state index in [1.165, 1.54) is 18.5 Å². The van der Waals surface area contributed by atoms with E-state index in [-0.39, 0.29) is 28.6 Å². The Morgan fingerprint density at radius 3 is 2.77 bits per heavy atom. The van der Waals surface area contributed by atoms with Gasteiger partial charge in [-0.3, -0.25) is 20.3 Å². The number of nitrogens with zero attached hydrogens (tertiary/aromatic N) is 4. The molecule has 0 spiro atoms. The Bertz CT molecular complexity index is 1160. The summed E-state index contributed by atoms with van der Waals surface area (Å²) in [5, 5.41) is 28.9.